The molecule has 3 N–H and O–H groups in total. The Labute approximate surface area is 111 Å². The summed E-state index contributed by atoms with van der Waals surface area (Å²) < 4.78 is 0. The number of hydrogen-bond acceptors (Lipinski definition) is 2. The van der Waals surface area contributed by atoms with Crippen LogP contribution in [0.2, 0.25) is 5.02 Å². The zero-order valence-corrected chi connectivity index (χ0v) is 10.4. The molecular weight excluding hydrogens is 248 g/mol. The van der Waals surface area contributed by atoms with E-state index in [2.05, 4.69) is 5.32 Å². The Bertz CT molecular complexity index is 552. The number of rotatable bonds is 4. The topological polar surface area (TPSA) is 55.1 Å². The van der Waals surface area contributed by atoms with Crippen molar-refractivity contribution in [3.63, 3.8) is 0 Å². The van der Waals surface area contributed by atoms with E-state index in [4.69, 9.17) is 17.3 Å². The molecule has 2 aromatic rings. The molecule has 3 nitrogen and oxygen atoms in total. The van der Waals surface area contributed by atoms with E-state index >= 15 is 0 Å². The van der Waals surface area contributed by atoms with Crippen LogP contribution in [0.1, 0.15) is 15.9 Å². The Morgan fingerprint density at radius 1 is 1.17 bits per heavy atom. The average Bonchev–Trinajstić information content (AvgIpc) is 2.37. The van der Waals surface area contributed by atoms with Gasteiger partial charge in [-0.25, -0.2) is 0 Å². The van der Waals surface area contributed by atoms with Gasteiger partial charge in [0.05, 0.1) is 0 Å². The number of benzene rings is 2. The minimum absolute atomic E-state index is 0.413. The van der Waals surface area contributed by atoms with Gasteiger partial charge in [-0.05, 0) is 35.9 Å². The number of nitrogens with one attached hydrogen (secondary N) is 1. The third-order valence-electron chi connectivity index (χ3n) is 2.56. The summed E-state index contributed by atoms with van der Waals surface area (Å²) >= 11 is 5.89. The van der Waals surface area contributed by atoms with Crippen LogP contribution < -0.4 is 11.1 Å². The molecule has 0 atom stereocenters. The normalized spacial score (nSPS) is 10.1. The predicted molar refractivity (Wildman–Crippen MR) is 73.7 cm³/mol. The van der Waals surface area contributed by atoms with Gasteiger partial charge in [0.15, 0.2) is 0 Å². The van der Waals surface area contributed by atoms with Crippen LogP contribution in [-0.2, 0) is 6.54 Å². The van der Waals surface area contributed by atoms with Gasteiger partial charge in [-0.15, -0.1) is 0 Å². The van der Waals surface area contributed by atoms with Gasteiger partial charge in [0.2, 0.25) is 5.91 Å². The van der Waals surface area contributed by atoms with Crippen LogP contribution >= 0.6 is 11.6 Å². The number of primary amides is 1. The van der Waals surface area contributed by atoms with Crippen molar-refractivity contribution in [2.75, 3.05) is 5.32 Å². The second-order valence-electron chi connectivity index (χ2n) is 3.93. The first kappa shape index (κ1) is 12.5. The lowest BCUT2D eigenvalue weighted by atomic mass is 10.1. The van der Waals surface area contributed by atoms with Gasteiger partial charge in [0.1, 0.15) is 0 Å². The maximum atomic E-state index is 10.9. The molecule has 4 heteroatoms. The van der Waals surface area contributed by atoms with Gasteiger partial charge in [-0.1, -0.05) is 29.8 Å². The zero-order chi connectivity index (χ0) is 13.0. The van der Waals surface area contributed by atoms with E-state index in [0.29, 0.717) is 17.1 Å². The number of nitrogens with two attached hydrogens (primary N) is 1. The molecule has 0 fully saturated rings. The number of halogens is 1. The second-order valence-corrected chi connectivity index (χ2v) is 4.36. The lowest BCUT2D eigenvalue weighted by Crippen LogP contribution is -2.10. The van der Waals surface area contributed by atoms with Crippen molar-refractivity contribution in [2.45, 2.75) is 6.54 Å². The van der Waals surface area contributed by atoms with Crippen molar-refractivity contribution in [3.8, 4) is 0 Å². The van der Waals surface area contributed by atoms with E-state index in [1.165, 1.54) is 0 Å². The molecule has 2 rings (SSSR count). The van der Waals surface area contributed by atoms with Crippen molar-refractivity contribution >= 4 is 23.2 Å². The van der Waals surface area contributed by atoms with E-state index in [1.54, 1.807) is 12.1 Å². The molecule has 0 saturated carbocycles. The molecule has 0 aliphatic carbocycles. The van der Waals surface area contributed by atoms with Crippen LogP contribution in [0.15, 0.2) is 48.5 Å². The van der Waals surface area contributed by atoms with Crippen molar-refractivity contribution < 1.29 is 4.79 Å². The fourth-order valence-corrected chi connectivity index (χ4v) is 1.78. The van der Waals surface area contributed by atoms with Gasteiger partial charge in [-0.3, -0.25) is 4.79 Å². The molecule has 92 valence electrons. The molecule has 2 aromatic carbocycles. The van der Waals surface area contributed by atoms with Crippen LogP contribution in [0.5, 0.6) is 0 Å². The summed E-state index contributed by atoms with van der Waals surface area (Å²) in [6.07, 6.45) is 0. The molecule has 0 aliphatic rings. The second kappa shape index (κ2) is 5.56. The third kappa shape index (κ3) is 3.25. The van der Waals surface area contributed by atoms with Crippen LogP contribution in [0.25, 0.3) is 0 Å². The summed E-state index contributed by atoms with van der Waals surface area (Å²) in [5.41, 5.74) is 7.72. The highest BCUT2D eigenvalue weighted by Crippen LogP contribution is 2.16. The van der Waals surface area contributed by atoms with Crippen molar-refractivity contribution in [1.29, 1.82) is 0 Å². The SMILES string of the molecule is NC(=O)c1ccc(CNc2cccc(Cl)c2)cc1. The van der Waals surface area contributed by atoms with Crippen LogP contribution in [0.4, 0.5) is 5.69 Å². The minimum atomic E-state index is -0.413. The summed E-state index contributed by atoms with van der Waals surface area (Å²) in [6, 6.07) is 14.7. The maximum absolute atomic E-state index is 10.9. The minimum Gasteiger partial charge on any atom is -0.381 e. The first-order valence-electron chi connectivity index (χ1n) is 5.53. The van der Waals surface area contributed by atoms with Crippen molar-refractivity contribution in [1.82, 2.24) is 0 Å². The molecule has 0 aliphatic heterocycles. The standard InChI is InChI=1S/C14H13ClN2O/c15-12-2-1-3-13(8-12)17-9-10-4-6-11(7-5-10)14(16)18/h1-8,17H,9H2,(H2,16,18). The Hall–Kier alpha value is -2.00. The molecule has 0 heterocycles. The van der Waals surface area contributed by atoms with Crippen LogP contribution in [0.3, 0.4) is 0 Å². The molecule has 0 aromatic heterocycles. The molecule has 0 bridgehead atoms. The Morgan fingerprint density at radius 3 is 2.50 bits per heavy atom. The van der Waals surface area contributed by atoms with Crippen LogP contribution in [0, 0.1) is 0 Å². The van der Waals surface area contributed by atoms with Crippen LogP contribution in [-0.4, -0.2) is 5.91 Å². The highest BCUT2D eigenvalue weighted by molar-refractivity contribution is 6.30. The van der Waals surface area contributed by atoms with Gasteiger partial charge in [0.25, 0.3) is 0 Å². The van der Waals surface area contributed by atoms with E-state index < -0.39 is 5.91 Å². The van der Waals surface area contributed by atoms with E-state index in [0.717, 1.165) is 11.3 Å². The fourth-order valence-electron chi connectivity index (χ4n) is 1.59. The lowest BCUT2D eigenvalue weighted by Gasteiger charge is -2.07. The average molecular weight is 261 g/mol. The molecular formula is C14H13ClN2O. The van der Waals surface area contributed by atoms with Gasteiger partial charge < -0.3 is 11.1 Å². The molecule has 0 radical (unpaired) electrons. The predicted octanol–water partition coefficient (Wildman–Crippen LogP) is 3.05. The third-order valence-corrected chi connectivity index (χ3v) is 2.79. The summed E-state index contributed by atoms with van der Waals surface area (Å²) in [4.78, 5) is 10.9. The summed E-state index contributed by atoms with van der Waals surface area (Å²) in [6.45, 7) is 0.666. The Morgan fingerprint density at radius 2 is 1.89 bits per heavy atom. The highest BCUT2D eigenvalue weighted by atomic mass is 35.5. The van der Waals surface area contributed by atoms with Gasteiger partial charge in [-0.2, -0.15) is 0 Å². The van der Waals surface area contributed by atoms with Crippen molar-refractivity contribution in [2.24, 2.45) is 5.73 Å². The van der Waals surface area contributed by atoms with E-state index in [9.17, 15) is 4.79 Å². The maximum Gasteiger partial charge on any atom is 0.248 e. The van der Waals surface area contributed by atoms with E-state index in [1.807, 2.05) is 36.4 Å². The number of carbonyl (C=O) groups excluding carboxylic acids is 1. The first-order valence-corrected chi connectivity index (χ1v) is 5.91. The van der Waals surface area contributed by atoms with Crippen molar-refractivity contribution in [3.05, 3.63) is 64.7 Å². The highest BCUT2D eigenvalue weighted by Gasteiger charge is 2.00. The smallest absolute Gasteiger partial charge is 0.248 e. The molecule has 18 heavy (non-hydrogen) atoms. The quantitative estimate of drug-likeness (QED) is 0.888. The number of amides is 1. The summed E-state index contributed by atoms with van der Waals surface area (Å²) in [7, 11) is 0. The number of carbonyl (C=O) groups is 1. The number of anilines is 1. The monoisotopic (exact) mass is 260 g/mol. The van der Waals surface area contributed by atoms with Gasteiger partial charge in [0, 0.05) is 22.8 Å². The molecule has 0 spiro atoms. The molecule has 0 saturated heterocycles. The van der Waals surface area contributed by atoms with E-state index in [-0.39, 0.29) is 0 Å². The zero-order valence-electron chi connectivity index (χ0n) is 9.69. The fraction of sp³-hybridized carbons (Fsp3) is 0.0714. The van der Waals surface area contributed by atoms with Gasteiger partial charge >= 0.3 is 0 Å². The Balaban J connectivity index is 2.00. The lowest BCUT2D eigenvalue weighted by molar-refractivity contribution is 0.100. The molecule has 0 unspecified atom stereocenters. The molecule has 1 amide bonds. The number of hydrogen-bond donors (Lipinski definition) is 2. The largest absolute Gasteiger partial charge is 0.381 e. The summed E-state index contributed by atoms with van der Waals surface area (Å²) in [5.74, 6) is -0.413. The first-order chi connectivity index (χ1) is 8.65. The Kier molecular flexibility index (Phi) is 3.85. The summed E-state index contributed by atoms with van der Waals surface area (Å²) in [5, 5.41) is 3.95.